The number of phenols is 1. The van der Waals surface area contributed by atoms with Crippen molar-refractivity contribution in [3.8, 4) is 11.5 Å². The molecule has 0 saturated heterocycles. The predicted molar refractivity (Wildman–Crippen MR) is 102 cm³/mol. The fourth-order valence-corrected chi connectivity index (χ4v) is 3.14. The first kappa shape index (κ1) is 19.9. The quantitative estimate of drug-likeness (QED) is 0.716. The molecule has 1 aliphatic rings. The topological polar surface area (TPSA) is 66.8 Å². The highest BCUT2D eigenvalue weighted by atomic mass is 35.5. The molecule has 2 aromatic carbocycles. The van der Waals surface area contributed by atoms with Crippen molar-refractivity contribution in [3.05, 3.63) is 58.7 Å². The molecule has 0 aromatic heterocycles. The van der Waals surface area contributed by atoms with Crippen LogP contribution in [0.3, 0.4) is 0 Å². The number of hydrogen-bond donors (Lipinski definition) is 1. The van der Waals surface area contributed by atoms with Gasteiger partial charge in [0.05, 0.1) is 11.1 Å². The Kier molecular flexibility index (Phi) is 6.40. The largest absolute Gasteiger partial charge is 0.507 e. The summed E-state index contributed by atoms with van der Waals surface area (Å²) in [4.78, 5) is 27.8. The average Bonchev–Trinajstić information content (AvgIpc) is 2.63. The fourth-order valence-electron chi connectivity index (χ4n) is 3.14. The van der Waals surface area contributed by atoms with E-state index in [0.717, 1.165) is 19.6 Å². The summed E-state index contributed by atoms with van der Waals surface area (Å²) in [7, 11) is 0. The highest BCUT2D eigenvalue weighted by Crippen LogP contribution is 2.36. The van der Waals surface area contributed by atoms with Crippen LogP contribution in [0.4, 0.5) is 0 Å². The van der Waals surface area contributed by atoms with Gasteiger partial charge in [0.2, 0.25) is 5.78 Å². The number of carbonyl (C=O) groups excluding carboxylic acids is 2. The molecule has 0 saturated carbocycles. The van der Waals surface area contributed by atoms with Crippen molar-refractivity contribution in [2.45, 2.75) is 13.8 Å². The molecule has 0 spiro atoms. The first-order valence-electron chi connectivity index (χ1n) is 8.48. The lowest BCUT2D eigenvalue weighted by Crippen LogP contribution is -2.28. The van der Waals surface area contributed by atoms with Gasteiger partial charge in [-0.1, -0.05) is 38.1 Å². The molecule has 0 bridgehead atoms. The summed E-state index contributed by atoms with van der Waals surface area (Å²) in [5.74, 6) is -0.438. The number of halogens is 1. The van der Waals surface area contributed by atoms with Gasteiger partial charge < -0.3 is 14.7 Å². The van der Waals surface area contributed by atoms with Crippen LogP contribution in [0.15, 0.2) is 36.4 Å². The Morgan fingerprint density at radius 3 is 2.19 bits per heavy atom. The standard InChI is InChI=1S/C20H21NO4.ClH/c1-3-21(4-2)11-12-25-16-10-6-8-14-18(16)20(24)17-13(19(14)23)7-5-9-15(17)22;/h5-10,22H,3-4,11-12H2,1-2H3;1H. The van der Waals surface area contributed by atoms with Gasteiger partial charge in [-0.05, 0) is 25.2 Å². The zero-order chi connectivity index (χ0) is 18.0. The second kappa shape index (κ2) is 8.34. The molecule has 2 aromatic rings. The van der Waals surface area contributed by atoms with Crippen molar-refractivity contribution >= 4 is 24.0 Å². The number of aromatic hydroxyl groups is 1. The fraction of sp³-hybridized carbons (Fsp3) is 0.300. The molecule has 0 unspecified atom stereocenters. The van der Waals surface area contributed by atoms with Crippen LogP contribution in [0, 0.1) is 0 Å². The number of hydrogen-bond acceptors (Lipinski definition) is 5. The van der Waals surface area contributed by atoms with E-state index in [0.29, 0.717) is 17.9 Å². The Labute approximate surface area is 159 Å². The van der Waals surface area contributed by atoms with E-state index in [-0.39, 0.29) is 46.4 Å². The Bertz CT molecular complexity index is 831. The molecule has 0 atom stereocenters. The van der Waals surface area contributed by atoms with Crippen molar-refractivity contribution in [1.82, 2.24) is 4.90 Å². The summed E-state index contributed by atoms with van der Waals surface area (Å²) in [5, 5.41) is 10.1. The number of fused-ring (bicyclic) bond motifs is 2. The Hall–Kier alpha value is -2.37. The Morgan fingerprint density at radius 2 is 1.54 bits per heavy atom. The number of likely N-dealkylation sites (N-methyl/N-ethyl adjacent to an activating group) is 1. The van der Waals surface area contributed by atoms with E-state index in [1.54, 1.807) is 30.3 Å². The molecule has 26 heavy (non-hydrogen) atoms. The number of nitrogens with zero attached hydrogens (tertiary/aromatic N) is 1. The summed E-state index contributed by atoms with van der Waals surface area (Å²) in [6, 6.07) is 9.57. The zero-order valence-electron chi connectivity index (χ0n) is 14.8. The van der Waals surface area contributed by atoms with Crippen LogP contribution in [0.2, 0.25) is 0 Å². The molecule has 0 radical (unpaired) electrons. The van der Waals surface area contributed by atoms with Crippen molar-refractivity contribution in [2.24, 2.45) is 0 Å². The molecule has 6 heteroatoms. The minimum atomic E-state index is -0.374. The van der Waals surface area contributed by atoms with Gasteiger partial charge in [0, 0.05) is 17.7 Å². The summed E-state index contributed by atoms with van der Waals surface area (Å²) in [6.07, 6.45) is 0. The van der Waals surface area contributed by atoms with E-state index in [2.05, 4.69) is 18.7 Å². The minimum absolute atomic E-state index is 0. The van der Waals surface area contributed by atoms with Crippen molar-refractivity contribution in [3.63, 3.8) is 0 Å². The van der Waals surface area contributed by atoms with Gasteiger partial charge in [-0.3, -0.25) is 9.59 Å². The third-order valence-electron chi connectivity index (χ3n) is 4.57. The number of carbonyl (C=O) groups is 2. The maximum atomic E-state index is 12.9. The van der Waals surface area contributed by atoms with E-state index >= 15 is 0 Å². The maximum absolute atomic E-state index is 12.9. The Morgan fingerprint density at radius 1 is 0.923 bits per heavy atom. The molecule has 0 fully saturated rings. The van der Waals surface area contributed by atoms with E-state index in [9.17, 15) is 14.7 Å². The number of benzene rings is 2. The number of rotatable bonds is 6. The first-order chi connectivity index (χ1) is 12.1. The molecule has 0 amide bonds. The molecule has 3 rings (SSSR count). The maximum Gasteiger partial charge on any atom is 0.201 e. The molecule has 0 heterocycles. The Balaban J connectivity index is 0.00000243. The highest BCUT2D eigenvalue weighted by molar-refractivity contribution is 6.30. The summed E-state index contributed by atoms with van der Waals surface area (Å²) in [6.45, 7) is 7.16. The number of ether oxygens (including phenoxy) is 1. The van der Waals surface area contributed by atoms with Crippen molar-refractivity contribution in [1.29, 1.82) is 0 Å². The smallest absolute Gasteiger partial charge is 0.201 e. The number of ketones is 2. The summed E-state index contributed by atoms with van der Waals surface area (Å²) >= 11 is 0. The predicted octanol–water partition coefficient (Wildman–Crippen LogP) is 3.31. The van der Waals surface area contributed by atoms with Gasteiger partial charge in [-0.2, -0.15) is 0 Å². The molecular weight excluding hydrogens is 354 g/mol. The first-order valence-corrected chi connectivity index (χ1v) is 8.48. The molecule has 0 aliphatic heterocycles. The van der Waals surface area contributed by atoms with Gasteiger partial charge in [-0.25, -0.2) is 0 Å². The molecule has 1 aliphatic carbocycles. The van der Waals surface area contributed by atoms with Gasteiger partial charge >= 0.3 is 0 Å². The van der Waals surface area contributed by atoms with Crippen LogP contribution in [0.25, 0.3) is 0 Å². The third-order valence-corrected chi connectivity index (χ3v) is 4.57. The zero-order valence-corrected chi connectivity index (χ0v) is 15.6. The van der Waals surface area contributed by atoms with E-state index in [1.807, 2.05) is 0 Å². The van der Waals surface area contributed by atoms with Gasteiger partial charge in [0.15, 0.2) is 5.78 Å². The number of phenolic OH excluding ortho intramolecular Hbond substituents is 1. The molecule has 138 valence electrons. The van der Waals surface area contributed by atoms with Crippen molar-refractivity contribution < 1.29 is 19.4 Å². The normalized spacial score (nSPS) is 12.4. The van der Waals surface area contributed by atoms with E-state index < -0.39 is 0 Å². The van der Waals surface area contributed by atoms with Crippen LogP contribution in [0.5, 0.6) is 11.5 Å². The van der Waals surface area contributed by atoms with Crippen LogP contribution >= 0.6 is 12.4 Å². The lowest BCUT2D eigenvalue weighted by Gasteiger charge is -2.22. The monoisotopic (exact) mass is 375 g/mol. The second-order valence-corrected chi connectivity index (χ2v) is 5.91. The van der Waals surface area contributed by atoms with E-state index in [4.69, 9.17) is 4.74 Å². The van der Waals surface area contributed by atoms with Gasteiger partial charge in [-0.15, -0.1) is 12.4 Å². The summed E-state index contributed by atoms with van der Waals surface area (Å²) in [5.41, 5.74) is 0.849. The lowest BCUT2D eigenvalue weighted by molar-refractivity contribution is 0.0972. The SMILES string of the molecule is CCN(CC)CCOc1cccc2c1C(=O)c1c(O)cccc1C2=O.Cl. The van der Waals surface area contributed by atoms with Crippen LogP contribution < -0.4 is 4.74 Å². The van der Waals surface area contributed by atoms with E-state index in [1.165, 1.54) is 6.07 Å². The van der Waals surface area contributed by atoms with Crippen LogP contribution in [-0.4, -0.2) is 47.8 Å². The summed E-state index contributed by atoms with van der Waals surface area (Å²) < 4.78 is 5.82. The highest BCUT2D eigenvalue weighted by Gasteiger charge is 2.34. The molecular formula is C20H22ClNO4. The molecule has 1 N–H and O–H groups in total. The lowest BCUT2D eigenvalue weighted by atomic mass is 9.83. The minimum Gasteiger partial charge on any atom is -0.507 e. The third kappa shape index (κ3) is 3.45. The van der Waals surface area contributed by atoms with Crippen LogP contribution in [-0.2, 0) is 0 Å². The van der Waals surface area contributed by atoms with Gasteiger partial charge in [0.25, 0.3) is 0 Å². The second-order valence-electron chi connectivity index (χ2n) is 5.91. The van der Waals surface area contributed by atoms with Gasteiger partial charge in [0.1, 0.15) is 18.1 Å². The molecule has 5 nitrogen and oxygen atoms in total. The average molecular weight is 376 g/mol. The van der Waals surface area contributed by atoms with Crippen LogP contribution in [0.1, 0.15) is 45.7 Å². The van der Waals surface area contributed by atoms with Crippen molar-refractivity contribution in [2.75, 3.05) is 26.2 Å².